The second kappa shape index (κ2) is 10.9. The van der Waals surface area contributed by atoms with Crippen molar-refractivity contribution in [3.63, 3.8) is 0 Å². The largest absolute Gasteiger partial charge is 0.390 e. The molecular weight excluding hydrogens is 384 g/mol. The normalized spacial score (nSPS) is 12.5. The summed E-state index contributed by atoms with van der Waals surface area (Å²) in [5.74, 6) is -0.0891. The molecule has 0 aliphatic heterocycles. The van der Waals surface area contributed by atoms with E-state index in [1.54, 1.807) is 0 Å². The van der Waals surface area contributed by atoms with Gasteiger partial charge in [-0.15, -0.1) is 0 Å². The molecule has 3 aromatic rings. The number of amides is 1. The first-order valence-corrected chi connectivity index (χ1v) is 10.8. The Morgan fingerprint density at radius 2 is 1.29 bits per heavy atom. The zero-order valence-corrected chi connectivity index (χ0v) is 18.3. The molecule has 1 unspecified atom stereocenters. The maximum absolute atomic E-state index is 12.7. The number of carbonyl (C=O) groups excluding carboxylic acids is 1. The van der Waals surface area contributed by atoms with E-state index in [0.717, 1.165) is 16.7 Å². The van der Waals surface area contributed by atoms with Gasteiger partial charge < -0.3 is 15.7 Å². The van der Waals surface area contributed by atoms with Crippen molar-refractivity contribution in [2.75, 3.05) is 13.1 Å². The van der Waals surface area contributed by atoms with Crippen LogP contribution in [0.2, 0.25) is 0 Å². The minimum atomic E-state index is -0.668. The van der Waals surface area contributed by atoms with Crippen LogP contribution in [0.25, 0.3) is 0 Å². The van der Waals surface area contributed by atoms with Gasteiger partial charge in [-0.2, -0.15) is 0 Å². The molecule has 0 saturated heterocycles. The zero-order chi connectivity index (χ0) is 22.1. The van der Waals surface area contributed by atoms with Gasteiger partial charge in [0.05, 0.1) is 6.10 Å². The van der Waals surface area contributed by atoms with Gasteiger partial charge in [-0.1, -0.05) is 91.0 Å². The van der Waals surface area contributed by atoms with Crippen LogP contribution in [0.3, 0.4) is 0 Å². The Morgan fingerprint density at radius 3 is 1.81 bits per heavy atom. The second-order valence-corrected chi connectivity index (χ2v) is 8.41. The number of aliphatic hydroxyl groups is 1. The molecule has 162 valence electrons. The van der Waals surface area contributed by atoms with Gasteiger partial charge >= 0.3 is 0 Å². The van der Waals surface area contributed by atoms with E-state index in [0.29, 0.717) is 13.0 Å². The molecule has 4 nitrogen and oxygen atoms in total. The Hall–Kier alpha value is -2.95. The molecule has 3 rings (SSSR count). The average molecular weight is 417 g/mol. The first kappa shape index (κ1) is 22.7. The summed E-state index contributed by atoms with van der Waals surface area (Å²) in [6.45, 7) is 4.77. The van der Waals surface area contributed by atoms with Crippen molar-refractivity contribution in [1.29, 1.82) is 0 Å². The smallest absolute Gasteiger partial charge is 0.221 e. The number of carbonyl (C=O) groups is 1. The topological polar surface area (TPSA) is 61.4 Å². The lowest BCUT2D eigenvalue weighted by Gasteiger charge is -2.28. The van der Waals surface area contributed by atoms with Gasteiger partial charge in [0, 0.05) is 31.0 Å². The third-order valence-electron chi connectivity index (χ3n) is 5.60. The molecular formula is C27H32N2O2. The first-order chi connectivity index (χ1) is 15.0. The van der Waals surface area contributed by atoms with Gasteiger partial charge in [-0.3, -0.25) is 4.79 Å². The quantitative estimate of drug-likeness (QED) is 0.464. The van der Waals surface area contributed by atoms with Crippen molar-refractivity contribution in [3.05, 3.63) is 108 Å². The highest BCUT2D eigenvalue weighted by Gasteiger charge is 2.22. The molecule has 4 heteroatoms. The maximum Gasteiger partial charge on any atom is 0.221 e. The summed E-state index contributed by atoms with van der Waals surface area (Å²) in [6.07, 6.45) is -0.331. The summed E-state index contributed by atoms with van der Waals surface area (Å²) in [5, 5.41) is 16.7. The summed E-state index contributed by atoms with van der Waals surface area (Å²) < 4.78 is 0. The van der Waals surface area contributed by atoms with Gasteiger partial charge in [-0.25, -0.2) is 0 Å². The molecule has 0 bridgehead atoms. The highest BCUT2D eigenvalue weighted by atomic mass is 16.3. The number of nitrogens with one attached hydrogen (secondary N) is 2. The lowest BCUT2D eigenvalue weighted by atomic mass is 9.88. The summed E-state index contributed by atoms with van der Waals surface area (Å²) in [7, 11) is 0. The van der Waals surface area contributed by atoms with Gasteiger partial charge in [0.2, 0.25) is 5.91 Å². The van der Waals surface area contributed by atoms with Crippen molar-refractivity contribution >= 4 is 5.91 Å². The molecule has 31 heavy (non-hydrogen) atoms. The van der Waals surface area contributed by atoms with Crippen LogP contribution in [0.5, 0.6) is 0 Å². The van der Waals surface area contributed by atoms with Crippen molar-refractivity contribution in [2.24, 2.45) is 0 Å². The number of rotatable bonds is 10. The molecule has 3 aromatic carbocycles. The summed E-state index contributed by atoms with van der Waals surface area (Å²) >= 11 is 0. The monoisotopic (exact) mass is 416 g/mol. The fourth-order valence-corrected chi connectivity index (χ4v) is 3.69. The van der Waals surface area contributed by atoms with E-state index in [1.807, 2.05) is 54.6 Å². The predicted molar refractivity (Wildman–Crippen MR) is 126 cm³/mol. The standard InChI is InChI=1S/C27H32N2O2/c1-27(2,23-16-10-5-11-17-23)29-20-24(30)19-28-26(31)18-25(21-12-6-3-7-13-21)22-14-8-4-9-15-22/h3-17,24-25,29-30H,18-20H2,1-2H3,(H,28,31). The van der Waals surface area contributed by atoms with Gasteiger partial charge in [-0.05, 0) is 30.5 Å². The molecule has 0 aromatic heterocycles. The van der Waals surface area contributed by atoms with Crippen molar-refractivity contribution in [2.45, 2.75) is 37.8 Å². The van der Waals surface area contributed by atoms with Crippen molar-refractivity contribution in [1.82, 2.24) is 10.6 Å². The third kappa shape index (κ3) is 6.78. The SMILES string of the molecule is CC(C)(NCC(O)CNC(=O)CC(c1ccccc1)c1ccccc1)c1ccccc1. The molecule has 1 amide bonds. The van der Waals surface area contributed by atoms with Gasteiger partial charge in [0.15, 0.2) is 0 Å². The van der Waals surface area contributed by atoms with Gasteiger partial charge in [0.1, 0.15) is 0 Å². The summed E-state index contributed by atoms with van der Waals surface area (Å²) in [6, 6.07) is 30.3. The molecule has 0 heterocycles. The van der Waals surface area contributed by atoms with Crippen LogP contribution >= 0.6 is 0 Å². The van der Waals surface area contributed by atoms with E-state index < -0.39 is 6.10 Å². The molecule has 0 fully saturated rings. The number of benzene rings is 3. The molecule has 0 saturated carbocycles. The van der Waals surface area contributed by atoms with E-state index in [9.17, 15) is 9.90 Å². The highest BCUT2D eigenvalue weighted by Crippen LogP contribution is 2.27. The van der Waals surface area contributed by atoms with E-state index >= 15 is 0 Å². The van der Waals surface area contributed by atoms with Crippen molar-refractivity contribution < 1.29 is 9.90 Å². The van der Waals surface area contributed by atoms with Crippen LogP contribution in [-0.2, 0) is 10.3 Å². The second-order valence-electron chi connectivity index (χ2n) is 8.41. The Balaban J connectivity index is 1.53. The molecule has 3 N–H and O–H groups in total. The Labute approximate surface area is 185 Å². The van der Waals surface area contributed by atoms with Crippen LogP contribution in [-0.4, -0.2) is 30.2 Å². The summed E-state index contributed by atoms with van der Waals surface area (Å²) in [4.78, 5) is 12.7. The van der Waals surface area contributed by atoms with E-state index in [-0.39, 0.29) is 23.9 Å². The molecule has 1 atom stereocenters. The fraction of sp³-hybridized carbons (Fsp3) is 0.296. The number of aliphatic hydroxyl groups excluding tert-OH is 1. The zero-order valence-electron chi connectivity index (χ0n) is 18.3. The Kier molecular flexibility index (Phi) is 7.99. The maximum atomic E-state index is 12.7. The lowest BCUT2D eigenvalue weighted by Crippen LogP contribution is -2.44. The van der Waals surface area contributed by atoms with E-state index in [4.69, 9.17) is 0 Å². The average Bonchev–Trinajstić information content (AvgIpc) is 2.81. The lowest BCUT2D eigenvalue weighted by molar-refractivity contribution is -0.121. The minimum Gasteiger partial charge on any atom is -0.390 e. The molecule has 0 aliphatic carbocycles. The van der Waals surface area contributed by atoms with Gasteiger partial charge in [0.25, 0.3) is 0 Å². The van der Waals surface area contributed by atoms with Crippen LogP contribution in [0.4, 0.5) is 0 Å². The van der Waals surface area contributed by atoms with E-state index in [2.05, 4.69) is 60.9 Å². The van der Waals surface area contributed by atoms with Crippen LogP contribution in [0.15, 0.2) is 91.0 Å². The third-order valence-corrected chi connectivity index (χ3v) is 5.60. The predicted octanol–water partition coefficient (Wildman–Crippen LogP) is 4.21. The number of hydrogen-bond acceptors (Lipinski definition) is 3. The van der Waals surface area contributed by atoms with Crippen molar-refractivity contribution in [3.8, 4) is 0 Å². The molecule has 0 aliphatic rings. The molecule has 0 radical (unpaired) electrons. The van der Waals surface area contributed by atoms with Crippen LogP contribution in [0.1, 0.15) is 42.9 Å². The minimum absolute atomic E-state index is 0.0188. The fourth-order valence-electron chi connectivity index (χ4n) is 3.69. The summed E-state index contributed by atoms with van der Waals surface area (Å²) in [5.41, 5.74) is 3.10. The van der Waals surface area contributed by atoms with Crippen LogP contribution < -0.4 is 10.6 Å². The van der Waals surface area contributed by atoms with E-state index in [1.165, 1.54) is 0 Å². The Bertz CT molecular complexity index is 888. The Morgan fingerprint density at radius 1 is 0.806 bits per heavy atom. The first-order valence-electron chi connectivity index (χ1n) is 10.8. The molecule has 0 spiro atoms. The highest BCUT2D eigenvalue weighted by molar-refractivity contribution is 5.77. The van der Waals surface area contributed by atoms with Crippen LogP contribution in [0, 0.1) is 0 Å². The number of hydrogen-bond donors (Lipinski definition) is 3.